The molecule has 0 saturated carbocycles. The number of carbonyl (C=O) groups excluding carboxylic acids is 1. The van der Waals surface area contributed by atoms with Crippen molar-refractivity contribution in [3.05, 3.63) is 84.2 Å². The van der Waals surface area contributed by atoms with Crippen LogP contribution in [-0.2, 0) is 6.54 Å². The van der Waals surface area contributed by atoms with Crippen molar-refractivity contribution in [1.82, 2.24) is 4.98 Å². The number of benzene rings is 2. The van der Waals surface area contributed by atoms with E-state index in [9.17, 15) is 4.79 Å². The fraction of sp³-hybridized carbons (Fsp3) is 0.100. The van der Waals surface area contributed by atoms with Gasteiger partial charge in [-0.2, -0.15) is 0 Å². The van der Waals surface area contributed by atoms with E-state index in [0.29, 0.717) is 17.9 Å². The molecular formula is C20H19N3O2. The Kier molecular flexibility index (Phi) is 5.26. The summed E-state index contributed by atoms with van der Waals surface area (Å²) in [6.45, 7) is 0.695. The second-order valence-electron chi connectivity index (χ2n) is 5.45. The van der Waals surface area contributed by atoms with Gasteiger partial charge in [-0.15, -0.1) is 0 Å². The molecule has 0 unspecified atom stereocenters. The van der Waals surface area contributed by atoms with Crippen LogP contribution >= 0.6 is 0 Å². The molecule has 5 heteroatoms. The van der Waals surface area contributed by atoms with Crippen molar-refractivity contribution in [3.63, 3.8) is 0 Å². The first kappa shape index (κ1) is 16.5. The van der Waals surface area contributed by atoms with Crippen LogP contribution in [0.1, 0.15) is 15.9 Å². The highest BCUT2D eigenvalue weighted by molar-refractivity contribution is 6.06. The van der Waals surface area contributed by atoms with Crippen LogP contribution in [0.3, 0.4) is 0 Å². The van der Waals surface area contributed by atoms with E-state index in [1.807, 2.05) is 54.7 Å². The van der Waals surface area contributed by atoms with Gasteiger partial charge in [0.2, 0.25) is 0 Å². The summed E-state index contributed by atoms with van der Waals surface area (Å²) in [5.74, 6) is 0.350. The molecule has 0 atom stereocenters. The maximum absolute atomic E-state index is 12.4. The van der Waals surface area contributed by atoms with Gasteiger partial charge in [0.05, 0.1) is 12.7 Å². The van der Waals surface area contributed by atoms with Crippen LogP contribution in [0.4, 0.5) is 11.4 Å². The molecule has 25 heavy (non-hydrogen) atoms. The number of para-hydroxylation sites is 1. The highest BCUT2D eigenvalue weighted by Gasteiger charge is 2.11. The third-order valence-electron chi connectivity index (χ3n) is 3.71. The van der Waals surface area contributed by atoms with E-state index in [-0.39, 0.29) is 5.91 Å². The predicted molar refractivity (Wildman–Crippen MR) is 99.0 cm³/mol. The Hall–Kier alpha value is -3.34. The highest BCUT2D eigenvalue weighted by Crippen LogP contribution is 2.20. The van der Waals surface area contributed by atoms with E-state index >= 15 is 0 Å². The maximum Gasteiger partial charge on any atom is 0.259 e. The molecule has 0 aliphatic carbocycles. The summed E-state index contributed by atoms with van der Waals surface area (Å²) in [5, 5.41) is 6.20. The lowest BCUT2D eigenvalue weighted by Gasteiger charge is -2.10. The van der Waals surface area contributed by atoms with Crippen LogP contribution in [0.2, 0.25) is 0 Å². The lowest BCUT2D eigenvalue weighted by Crippen LogP contribution is -2.13. The standard InChI is InChI=1S/C20H19N3O2/c1-25-19-7-3-2-6-18(19)20(24)23-17-10-8-16(9-11-17)22-14-15-5-4-12-21-13-15/h2-13,22H,14H2,1H3,(H,23,24). The summed E-state index contributed by atoms with van der Waals surface area (Å²) < 4.78 is 5.22. The molecule has 126 valence electrons. The van der Waals surface area contributed by atoms with E-state index in [1.54, 1.807) is 25.4 Å². The number of carbonyl (C=O) groups is 1. The van der Waals surface area contributed by atoms with Crippen molar-refractivity contribution in [2.45, 2.75) is 6.54 Å². The molecule has 3 aromatic rings. The Balaban J connectivity index is 1.61. The zero-order valence-electron chi connectivity index (χ0n) is 13.9. The molecule has 0 spiro atoms. The van der Waals surface area contributed by atoms with Gasteiger partial charge in [0.15, 0.2) is 0 Å². The Morgan fingerprint density at radius 2 is 1.76 bits per heavy atom. The Bertz CT molecular complexity index is 833. The van der Waals surface area contributed by atoms with Crippen LogP contribution in [0.25, 0.3) is 0 Å². The van der Waals surface area contributed by atoms with Gasteiger partial charge in [0.1, 0.15) is 5.75 Å². The number of methoxy groups -OCH3 is 1. The van der Waals surface area contributed by atoms with Crippen LogP contribution in [-0.4, -0.2) is 18.0 Å². The number of nitrogens with zero attached hydrogens (tertiary/aromatic N) is 1. The number of aromatic nitrogens is 1. The molecule has 1 amide bonds. The van der Waals surface area contributed by atoms with Gasteiger partial charge in [-0.3, -0.25) is 9.78 Å². The van der Waals surface area contributed by atoms with Crippen molar-refractivity contribution in [2.75, 3.05) is 17.7 Å². The minimum absolute atomic E-state index is 0.200. The van der Waals surface area contributed by atoms with E-state index < -0.39 is 0 Å². The number of hydrogen-bond acceptors (Lipinski definition) is 4. The normalized spacial score (nSPS) is 10.1. The molecular weight excluding hydrogens is 314 g/mol. The molecule has 0 saturated heterocycles. The number of ether oxygens (including phenoxy) is 1. The third kappa shape index (κ3) is 4.35. The van der Waals surface area contributed by atoms with E-state index in [0.717, 1.165) is 16.9 Å². The smallest absolute Gasteiger partial charge is 0.259 e. The SMILES string of the molecule is COc1ccccc1C(=O)Nc1ccc(NCc2cccnc2)cc1. The predicted octanol–water partition coefficient (Wildman–Crippen LogP) is 3.95. The quantitative estimate of drug-likeness (QED) is 0.717. The first-order valence-electron chi connectivity index (χ1n) is 7.93. The monoisotopic (exact) mass is 333 g/mol. The van der Waals surface area contributed by atoms with E-state index in [4.69, 9.17) is 4.74 Å². The molecule has 0 radical (unpaired) electrons. The number of amides is 1. The Morgan fingerprint density at radius 3 is 2.48 bits per heavy atom. The minimum Gasteiger partial charge on any atom is -0.496 e. The number of anilines is 2. The van der Waals surface area contributed by atoms with Gasteiger partial charge in [0, 0.05) is 30.3 Å². The van der Waals surface area contributed by atoms with Crippen LogP contribution in [0, 0.1) is 0 Å². The molecule has 0 aliphatic heterocycles. The Labute approximate surface area is 146 Å². The molecule has 0 aliphatic rings. The van der Waals surface area contributed by atoms with Gasteiger partial charge in [-0.1, -0.05) is 18.2 Å². The van der Waals surface area contributed by atoms with Crippen molar-refractivity contribution >= 4 is 17.3 Å². The topological polar surface area (TPSA) is 63.2 Å². The second kappa shape index (κ2) is 7.97. The second-order valence-corrected chi connectivity index (χ2v) is 5.45. The van der Waals surface area contributed by atoms with Crippen molar-refractivity contribution in [1.29, 1.82) is 0 Å². The fourth-order valence-electron chi connectivity index (χ4n) is 2.41. The third-order valence-corrected chi connectivity index (χ3v) is 3.71. The number of pyridine rings is 1. The lowest BCUT2D eigenvalue weighted by molar-refractivity contribution is 0.102. The van der Waals surface area contributed by atoms with Gasteiger partial charge >= 0.3 is 0 Å². The Morgan fingerprint density at radius 1 is 1.00 bits per heavy atom. The molecule has 2 N–H and O–H groups in total. The summed E-state index contributed by atoms with van der Waals surface area (Å²) in [7, 11) is 1.55. The molecule has 2 aromatic carbocycles. The van der Waals surface area contributed by atoms with Crippen LogP contribution < -0.4 is 15.4 Å². The minimum atomic E-state index is -0.200. The van der Waals surface area contributed by atoms with Gasteiger partial charge in [-0.05, 0) is 48.0 Å². The number of hydrogen-bond donors (Lipinski definition) is 2. The fourth-order valence-corrected chi connectivity index (χ4v) is 2.41. The highest BCUT2D eigenvalue weighted by atomic mass is 16.5. The largest absolute Gasteiger partial charge is 0.496 e. The number of nitrogens with one attached hydrogen (secondary N) is 2. The lowest BCUT2D eigenvalue weighted by atomic mass is 10.2. The van der Waals surface area contributed by atoms with Crippen LogP contribution in [0.5, 0.6) is 5.75 Å². The van der Waals surface area contributed by atoms with Crippen molar-refractivity contribution in [3.8, 4) is 5.75 Å². The van der Waals surface area contributed by atoms with Gasteiger partial charge < -0.3 is 15.4 Å². The maximum atomic E-state index is 12.4. The number of rotatable bonds is 6. The summed E-state index contributed by atoms with van der Waals surface area (Å²) >= 11 is 0. The molecule has 0 fully saturated rings. The summed E-state index contributed by atoms with van der Waals surface area (Å²) in [5.41, 5.74) is 3.31. The van der Waals surface area contributed by atoms with Crippen molar-refractivity contribution in [2.24, 2.45) is 0 Å². The van der Waals surface area contributed by atoms with Gasteiger partial charge in [-0.25, -0.2) is 0 Å². The zero-order chi connectivity index (χ0) is 17.5. The molecule has 5 nitrogen and oxygen atoms in total. The van der Waals surface area contributed by atoms with Crippen LogP contribution in [0.15, 0.2) is 73.1 Å². The first-order valence-corrected chi connectivity index (χ1v) is 7.93. The zero-order valence-corrected chi connectivity index (χ0v) is 13.9. The molecule has 0 bridgehead atoms. The summed E-state index contributed by atoms with van der Waals surface area (Å²) in [4.78, 5) is 16.5. The average Bonchev–Trinajstić information content (AvgIpc) is 2.68. The van der Waals surface area contributed by atoms with Gasteiger partial charge in [0.25, 0.3) is 5.91 Å². The first-order chi connectivity index (χ1) is 12.3. The van der Waals surface area contributed by atoms with E-state index in [2.05, 4.69) is 15.6 Å². The average molecular weight is 333 g/mol. The molecule has 3 rings (SSSR count). The molecule has 1 heterocycles. The van der Waals surface area contributed by atoms with E-state index in [1.165, 1.54) is 0 Å². The molecule has 1 aromatic heterocycles. The van der Waals surface area contributed by atoms with Crippen molar-refractivity contribution < 1.29 is 9.53 Å². The summed E-state index contributed by atoms with van der Waals surface area (Å²) in [6, 6.07) is 18.6. The summed E-state index contributed by atoms with van der Waals surface area (Å²) in [6.07, 6.45) is 3.58.